The van der Waals surface area contributed by atoms with Gasteiger partial charge in [0.15, 0.2) is 5.43 Å². The number of benzene rings is 1. The highest BCUT2D eigenvalue weighted by Crippen LogP contribution is 2.19. The summed E-state index contributed by atoms with van der Waals surface area (Å²) in [7, 11) is 4.33. The van der Waals surface area contributed by atoms with Gasteiger partial charge in [-0.1, -0.05) is 13.0 Å². The molecule has 1 fully saturated rings. The highest BCUT2D eigenvalue weighted by molar-refractivity contribution is 5.80. The number of pyridine rings is 1. The number of aromatic amines is 1. The smallest absolute Gasteiger partial charge is 0.194 e. The first-order chi connectivity index (χ1) is 11.5. The molecule has 3 rings (SSSR count). The van der Waals surface area contributed by atoms with Crippen molar-refractivity contribution in [3.8, 4) is 0 Å². The van der Waals surface area contributed by atoms with E-state index in [0.717, 1.165) is 48.2 Å². The van der Waals surface area contributed by atoms with Crippen LogP contribution in [0.3, 0.4) is 0 Å². The largest absolute Gasteiger partial charge is 0.358 e. The summed E-state index contributed by atoms with van der Waals surface area (Å²) in [4.78, 5) is 21.2. The van der Waals surface area contributed by atoms with Crippen LogP contribution in [-0.2, 0) is 13.0 Å². The predicted octanol–water partition coefficient (Wildman–Crippen LogP) is 2.92. The average Bonchev–Trinajstić information content (AvgIpc) is 2.58. The molecule has 1 aliphatic rings. The first-order valence-electron chi connectivity index (χ1n) is 9.02. The maximum atomic E-state index is 13.0. The number of nitrogens with one attached hydrogen (secondary N) is 1. The predicted molar refractivity (Wildman–Crippen MR) is 101 cm³/mol. The molecule has 0 saturated carbocycles. The van der Waals surface area contributed by atoms with Crippen LogP contribution in [0.1, 0.15) is 36.6 Å². The molecule has 1 saturated heterocycles. The van der Waals surface area contributed by atoms with Crippen LogP contribution in [0, 0.1) is 6.92 Å². The molecule has 0 unspecified atom stereocenters. The summed E-state index contributed by atoms with van der Waals surface area (Å²) in [5.41, 5.74) is 4.26. The molecule has 1 aromatic heterocycles. The third-order valence-corrected chi connectivity index (χ3v) is 5.50. The van der Waals surface area contributed by atoms with Crippen LogP contribution >= 0.6 is 0 Å². The normalized spacial score (nSPS) is 17.0. The monoisotopic (exact) mass is 327 g/mol. The summed E-state index contributed by atoms with van der Waals surface area (Å²) < 4.78 is 0. The highest BCUT2D eigenvalue weighted by atomic mass is 16.1. The summed E-state index contributed by atoms with van der Waals surface area (Å²) in [6.07, 6.45) is 3.31. The molecule has 1 aliphatic heterocycles. The first kappa shape index (κ1) is 17.2. The van der Waals surface area contributed by atoms with Gasteiger partial charge in [-0.2, -0.15) is 0 Å². The van der Waals surface area contributed by atoms with E-state index < -0.39 is 0 Å². The Morgan fingerprint density at radius 1 is 1.29 bits per heavy atom. The van der Waals surface area contributed by atoms with Gasteiger partial charge in [-0.05, 0) is 71.1 Å². The first-order valence-corrected chi connectivity index (χ1v) is 9.02. The van der Waals surface area contributed by atoms with Crippen molar-refractivity contribution in [2.75, 3.05) is 27.2 Å². The van der Waals surface area contributed by atoms with E-state index in [9.17, 15) is 4.79 Å². The van der Waals surface area contributed by atoms with E-state index in [0.29, 0.717) is 6.04 Å². The molecule has 0 amide bonds. The van der Waals surface area contributed by atoms with Gasteiger partial charge in [-0.3, -0.25) is 9.69 Å². The van der Waals surface area contributed by atoms with E-state index in [4.69, 9.17) is 0 Å². The van der Waals surface area contributed by atoms with Crippen molar-refractivity contribution in [3.63, 3.8) is 0 Å². The van der Waals surface area contributed by atoms with Gasteiger partial charge in [0.25, 0.3) is 0 Å². The number of piperidine rings is 1. The number of rotatable bonds is 4. The number of nitrogens with zero attached hydrogens (tertiary/aromatic N) is 2. The van der Waals surface area contributed by atoms with Gasteiger partial charge in [-0.25, -0.2) is 0 Å². The van der Waals surface area contributed by atoms with Crippen LogP contribution in [0.25, 0.3) is 10.9 Å². The Morgan fingerprint density at radius 3 is 2.67 bits per heavy atom. The molecular weight excluding hydrogens is 298 g/mol. The van der Waals surface area contributed by atoms with E-state index in [2.05, 4.69) is 41.9 Å². The minimum atomic E-state index is 0.191. The van der Waals surface area contributed by atoms with Crippen LogP contribution in [0.15, 0.2) is 23.0 Å². The molecule has 2 heterocycles. The molecule has 4 heteroatoms. The van der Waals surface area contributed by atoms with Gasteiger partial charge in [0.2, 0.25) is 0 Å². The standard InChI is InChI=1S/C20H29N3O/c1-5-15-6-7-19-17(12-15)20(24)18(14(2)21-19)13-23(4)16-8-10-22(3)11-9-16/h6-7,12,16H,5,8-11,13H2,1-4H3,(H,21,24). The maximum absolute atomic E-state index is 13.0. The van der Waals surface area contributed by atoms with E-state index in [1.54, 1.807) is 0 Å². The van der Waals surface area contributed by atoms with Gasteiger partial charge in [0.1, 0.15) is 0 Å². The molecule has 24 heavy (non-hydrogen) atoms. The molecule has 0 atom stereocenters. The number of aromatic nitrogens is 1. The van der Waals surface area contributed by atoms with Gasteiger partial charge >= 0.3 is 0 Å². The lowest BCUT2D eigenvalue weighted by atomic mass is 10.0. The Kier molecular flexibility index (Phi) is 5.07. The van der Waals surface area contributed by atoms with E-state index >= 15 is 0 Å². The fourth-order valence-corrected chi connectivity index (χ4v) is 3.72. The molecule has 0 aliphatic carbocycles. The molecule has 130 valence electrons. The molecule has 0 bridgehead atoms. The minimum absolute atomic E-state index is 0.191. The van der Waals surface area contributed by atoms with Crippen molar-refractivity contribution in [1.82, 2.24) is 14.8 Å². The highest BCUT2D eigenvalue weighted by Gasteiger charge is 2.22. The van der Waals surface area contributed by atoms with Crippen molar-refractivity contribution < 1.29 is 0 Å². The maximum Gasteiger partial charge on any atom is 0.194 e. The SMILES string of the molecule is CCc1ccc2[nH]c(C)c(CN(C)C3CCN(C)CC3)c(=O)c2c1. The van der Waals surface area contributed by atoms with Crippen molar-refractivity contribution in [3.05, 3.63) is 45.2 Å². The second kappa shape index (κ2) is 7.08. The molecule has 2 aromatic rings. The summed E-state index contributed by atoms with van der Waals surface area (Å²) in [6, 6.07) is 6.75. The van der Waals surface area contributed by atoms with E-state index in [1.165, 1.54) is 18.4 Å². The number of H-pyrrole nitrogens is 1. The Bertz CT molecular complexity index is 772. The van der Waals surface area contributed by atoms with Crippen LogP contribution < -0.4 is 5.43 Å². The Labute approximate surface area is 144 Å². The van der Waals surface area contributed by atoms with Gasteiger partial charge in [0.05, 0.1) is 0 Å². The molecule has 0 spiro atoms. The average molecular weight is 327 g/mol. The zero-order valence-corrected chi connectivity index (χ0v) is 15.4. The van der Waals surface area contributed by atoms with Gasteiger partial charge in [-0.15, -0.1) is 0 Å². The number of likely N-dealkylation sites (tertiary alicyclic amines) is 1. The van der Waals surface area contributed by atoms with Gasteiger partial charge in [0, 0.05) is 34.7 Å². The Morgan fingerprint density at radius 2 is 2.00 bits per heavy atom. The van der Waals surface area contributed by atoms with Crippen molar-refractivity contribution in [2.45, 2.75) is 45.7 Å². The number of aryl methyl sites for hydroxylation is 2. The molecular formula is C20H29N3O. The molecule has 1 N–H and O–H groups in total. The van der Waals surface area contributed by atoms with E-state index in [1.807, 2.05) is 19.1 Å². The van der Waals surface area contributed by atoms with Crippen LogP contribution in [0.4, 0.5) is 0 Å². The summed E-state index contributed by atoms with van der Waals surface area (Å²) >= 11 is 0. The topological polar surface area (TPSA) is 39.3 Å². The van der Waals surface area contributed by atoms with Crippen LogP contribution in [0.2, 0.25) is 0 Å². The molecule has 0 radical (unpaired) electrons. The number of hydrogen-bond donors (Lipinski definition) is 1. The molecule has 1 aromatic carbocycles. The lowest BCUT2D eigenvalue weighted by molar-refractivity contribution is 0.139. The van der Waals surface area contributed by atoms with Crippen LogP contribution in [0.5, 0.6) is 0 Å². The van der Waals surface area contributed by atoms with Crippen molar-refractivity contribution in [2.24, 2.45) is 0 Å². The molecule has 4 nitrogen and oxygen atoms in total. The summed E-state index contributed by atoms with van der Waals surface area (Å²) in [6.45, 7) is 7.15. The fourth-order valence-electron chi connectivity index (χ4n) is 3.72. The Hall–Kier alpha value is -1.65. The summed E-state index contributed by atoms with van der Waals surface area (Å²) in [5.74, 6) is 0. The Balaban J connectivity index is 1.89. The van der Waals surface area contributed by atoms with Crippen LogP contribution in [-0.4, -0.2) is 48.0 Å². The van der Waals surface area contributed by atoms with Crippen molar-refractivity contribution >= 4 is 10.9 Å². The number of hydrogen-bond acceptors (Lipinski definition) is 3. The van der Waals surface area contributed by atoms with Crippen molar-refractivity contribution in [1.29, 1.82) is 0 Å². The lowest BCUT2D eigenvalue weighted by Gasteiger charge is -2.35. The zero-order valence-electron chi connectivity index (χ0n) is 15.4. The van der Waals surface area contributed by atoms with Gasteiger partial charge < -0.3 is 9.88 Å². The van der Waals surface area contributed by atoms with E-state index in [-0.39, 0.29) is 5.43 Å². The summed E-state index contributed by atoms with van der Waals surface area (Å²) in [5, 5.41) is 0.826. The zero-order chi connectivity index (χ0) is 17.3. The quantitative estimate of drug-likeness (QED) is 0.938. The second-order valence-electron chi connectivity index (χ2n) is 7.24. The second-order valence-corrected chi connectivity index (χ2v) is 7.24. The number of fused-ring (bicyclic) bond motifs is 1. The minimum Gasteiger partial charge on any atom is -0.358 e. The third-order valence-electron chi connectivity index (χ3n) is 5.50. The lowest BCUT2D eigenvalue weighted by Crippen LogP contribution is -2.42. The fraction of sp³-hybridized carbons (Fsp3) is 0.550. The third kappa shape index (κ3) is 3.40.